The largest absolute Gasteiger partial charge is 0.325 e. The molecular formula is C26H27N5OS. The number of hydrogen-bond donors (Lipinski definition) is 1. The minimum Gasteiger partial charge on any atom is -0.325 e. The third kappa shape index (κ3) is 5.14. The average Bonchev–Trinajstić information content (AvgIpc) is 3.28. The van der Waals surface area contributed by atoms with Crippen molar-refractivity contribution in [2.75, 3.05) is 11.1 Å². The summed E-state index contributed by atoms with van der Waals surface area (Å²) in [5.74, 6) is 0.898. The van der Waals surface area contributed by atoms with Crippen molar-refractivity contribution in [2.24, 2.45) is 0 Å². The first-order valence-electron chi connectivity index (χ1n) is 11.1. The zero-order valence-electron chi connectivity index (χ0n) is 19.1. The van der Waals surface area contributed by atoms with Crippen LogP contribution in [0.2, 0.25) is 0 Å². The third-order valence-electron chi connectivity index (χ3n) is 5.46. The maximum Gasteiger partial charge on any atom is 0.234 e. The highest BCUT2D eigenvalue weighted by Crippen LogP contribution is 2.28. The summed E-state index contributed by atoms with van der Waals surface area (Å²) in [6, 6.07) is 18.2. The maximum atomic E-state index is 12.9. The van der Waals surface area contributed by atoms with Crippen molar-refractivity contribution < 1.29 is 4.79 Å². The van der Waals surface area contributed by atoms with E-state index < -0.39 is 0 Å². The lowest BCUT2D eigenvalue weighted by molar-refractivity contribution is -0.113. The van der Waals surface area contributed by atoms with Gasteiger partial charge in [-0.05, 0) is 55.2 Å². The van der Waals surface area contributed by atoms with Crippen molar-refractivity contribution in [1.29, 1.82) is 0 Å². The van der Waals surface area contributed by atoms with E-state index in [1.54, 1.807) is 12.4 Å². The van der Waals surface area contributed by atoms with Crippen LogP contribution in [0, 0.1) is 6.92 Å². The molecule has 2 aromatic carbocycles. The summed E-state index contributed by atoms with van der Waals surface area (Å²) >= 11 is 1.38. The van der Waals surface area contributed by atoms with Gasteiger partial charge < -0.3 is 5.32 Å². The molecule has 0 saturated heterocycles. The number of aromatic nitrogens is 4. The molecule has 0 aliphatic rings. The van der Waals surface area contributed by atoms with Crippen molar-refractivity contribution in [1.82, 2.24) is 19.7 Å². The fourth-order valence-electron chi connectivity index (χ4n) is 3.69. The van der Waals surface area contributed by atoms with E-state index in [9.17, 15) is 4.79 Å². The number of benzene rings is 2. The Balaban J connectivity index is 1.60. The highest BCUT2D eigenvalue weighted by Gasteiger charge is 2.18. The van der Waals surface area contributed by atoms with Crippen molar-refractivity contribution in [3.63, 3.8) is 0 Å². The van der Waals surface area contributed by atoms with E-state index in [1.165, 1.54) is 17.3 Å². The van der Waals surface area contributed by atoms with Crippen molar-refractivity contribution in [2.45, 2.75) is 38.8 Å². The van der Waals surface area contributed by atoms with Gasteiger partial charge >= 0.3 is 0 Å². The molecule has 0 aliphatic heterocycles. The third-order valence-corrected chi connectivity index (χ3v) is 6.39. The average molecular weight is 458 g/mol. The quantitative estimate of drug-likeness (QED) is 0.354. The van der Waals surface area contributed by atoms with Gasteiger partial charge in [0.05, 0.1) is 5.75 Å². The number of rotatable bonds is 8. The van der Waals surface area contributed by atoms with Gasteiger partial charge in [-0.25, -0.2) is 0 Å². The number of hydrogen-bond acceptors (Lipinski definition) is 5. The number of nitrogens with zero attached hydrogens (tertiary/aromatic N) is 4. The summed E-state index contributed by atoms with van der Waals surface area (Å²) in [6.07, 6.45) is 5.21. The second-order valence-corrected chi connectivity index (χ2v) is 8.65. The van der Waals surface area contributed by atoms with Gasteiger partial charge in [0.2, 0.25) is 5.91 Å². The number of pyridine rings is 1. The van der Waals surface area contributed by atoms with Gasteiger partial charge in [0.15, 0.2) is 11.0 Å². The fraction of sp³-hybridized carbons (Fsp3) is 0.231. The highest BCUT2D eigenvalue weighted by molar-refractivity contribution is 7.99. The van der Waals surface area contributed by atoms with E-state index in [-0.39, 0.29) is 11.7 Å². The van der Waals surface area contributed by atoms with Crippen molar-refractivity contribution in [3.05, 3.63) is 83.7 Å². The Labute approximate surface area is 198 Å². The Morgan fingerprint density at radius 2 is 1.61 bits per heavy atom. The SMILES string of the molecule is CCc1cccc(CC)c1NC(=O)CSc1nnc(-c2ccncc2)n1-c1ccc(C)cc1. The lowest BCUT2D eigenvalue weighted by Gasteiger charge is -2.14. The molecule has 168 valence electrons. The molecule has 4 rings (SSSR count). The molecule has 2 heterocycles. The summed E-state index contributed by atoms with van der Waals surface area (Å²) in [5, 5.41) is 12.6. The number of aryl methyl sites for hydroxylation is 3. The minimum atomic E-state index is -0.0560. The molecule has 0 saturated carbocycles. The van der Waals surface area contributed by atoms with E-state index in [4.69, 9.17) is 0 Å². The van der Waals surface area contributed by atoms with Gasteiger partial charge in [-0.3, -0.25) is 14.3 Å². The van der Waals surface area contributed by atoms with Crippen LogP contribution in [0.1, 0.15) is 30.5 Å². The van der Waals surface area contributed by atoms with Crippen LogP contribution in [-0.4, -0.2) is 31.4 Å². The van der Waals surface area contributed by atoms with Gasteiger partial charge in [0, 0.05) is 29.3 Å². The van der Waals surface area contributed by atoms with Crippen molar-refractivity contribution in [3.8, 4) is 17.1 Å². The van der Waals surface area contributed by atoms with Crippen molar-refractivity contribution >= 4 is 23.4 Å². The van der Waals surface area contributed by atoms with Crippen LogP contribution in [0.5, 0.6) is 0 Å². The first kappa shape index (κ1) is 22.7. The number of nitrogens with one attached hydrogen (secondary N) is 1. The predicted octanol–water partition coefficient (Wildman–Crippen LogP) is 5.49. The summed E-state index contributed by atoms with van der Waals surface area (Å²) < 4.78 is 1.99. The van der Waals surface area contributed by atoms with Crippen LogP contribution >= 0.6 is 11.8 Å². The zero-order valence-corrected chi connectivity index (χ0v) is 19.9. The summed E-state index contributed by atoms with van der Waals surface area (Å²) in [6.45, 7) is 6.26. The van der Waals surface area contributed by atoms with Crippen LogP contribution in [-0.2, 0) is 17.6 Å². The van der Waals surface area contributed by atoms with Gasteiger partial charge in [-0.15, -0.1) is 10.2 Å². The molecule has 2 aromatic heterocycles. The van der Waals surface area contributed by atoms with Gasteiger partial charge in [-0.1, -0.05) is 61.5 Å². The fourth-order valence-corrected chi connectivity index (χ4v) is 4.44. The molecule has 7 heteroatoms. The Morgan fingerprint density at radius 3 is 2.24 bits per heavy atom. The first-order chi connectivity index (χ1) is 16.1. The van der Waals surface area contributed by atoms with Gasteiger partial charge in [0.1, 0.15) is 0 Å². The smallest absolute Gasteiger partial charge is 0.234 e. The Morgan fingerprint density at radius 1 is 0.939 bits per heavy atom. The number of carbonyl (C=O) groups excluding carboxylic acids is 1. The second-order valence-electron chi connectivity index (χ2n) is 7.71. The van der Waals surface area contributed by atoms with Crippen LogP contribution in [0.4, 0.5) is 5.69 Å². The zero-order chi connectivity index (χ0) is 23.2. The summed E-state index contributed by atoms with van der Waals surface area (Å²) in [5.41, 5.74) is 6.27. The molecule has 33 heavy (non-hydrogen) atoms. The molecule has 0 atom stereocenters. The van der Waals surface area contributed by atoms with E-state index in [0.29, 0.717) is 11.0 Å². The molecular weight excluding hydrogens is 430 g/mol. The Hall–Kier alpha value is -3.45. The number of thioether (sulfide) groups is 1. The molecule has 6 nitrogen and oxygen atoms in total. The summed E-state index contributed by atoms with van der Waals surface area (Å²) in [4.78, 5) is 17.0. The lowest BCUT2D eigenvalue weighted by Crippen LogP contribution is -2.17. The standard InChI is InChI=1S/C26H27N5OS/c1-4-19-7-6-8-20(5-2)24(19)28-23(32)17-33-26-30-29-25(21-13-15-27-16-14-21)31(26)22-11-9-18(3)10-12-22/h6-16H,4-5,17H2,1-3H3,(H,28,32). The van der Waals surface area contributed by atoms with E-state index in [0.717, 1.165) is 40.9 Å². The molecule has 0 radical (unpaired) electrons. The number of carbonyl (C=O) groups is 1. The second kappa shape index (κ2) is 10.4. The summed E-state index contributed by atoms with van der Waals surface area (Å²) in [7, 11) is 0. The number of para-hydroxylation sites is 1. The Bertz CT molecular complexity index is 1210. The minimum absolute atomic E-state index is 0.0560. The molecule has 1 amide bonds. The number of amides is 1. The van der Waals surface area contributed by atoms with E-state index >= 15 is 0 Å². The maximum absolute atomic E-state index is 12.9. The van der Waals surface area contributed by atoms with E-state index in [2.05, 4.69) is 65.5 Å². The molecule has 0 aliphatic carbocycles. The monoisotopic (exact) mass is 457 g/mol. The molecule has 1 N–H and O–H groups in total. The molecule has 0 bridgehead atoms. The molecule has 4 aromatic rings. The highest BCUT2D eigenvalue weighted by atomic mass is 32.2. The van der Waals surface area contributed by atoms with E-state index in [1.807, 2.05) is 34.9 Å². The van der Waals surface area contributed by atoms with Gasteiger partial charge in [-0.2, -0.15) is 0 Å². The van der Waals surface area contributed by atoms with Crippen LogP contribution in [0.15, 0.2) is 72.1 Å². The normalized spacial score (nSPS) is 10.9. The predicted molar refractivity (Wildman–Crippen MR) is 134 cm³/mol. The van der Waals surface area contributed by atoms with Crippen LogP contribution in [0.25, 0.3) is 17.1 Å². The molecule has 0 spiro atoms. The lowest BCUT2D eigenvalue weighted by atomic mass is 10.0. The number of anilines is 1. The van der Waals surface area contributed by atoms with Gasteiger partial charge in [0.25, 0.3) is 0 Å². The topological polar surface area (TPSA) is 72.7 Å². The van der Waals surface area contributed by atoms with Crippen LogP contribution < -0.4 is 5.32 Å². The van der Waals surface area contributed by atoms with Crippen LogP contribution in [0.3, 0.4) is 0 Å². The molecule has 0 fully saturated rings. The first-order valence-corrected chi connectivity index (χ1v) is 12.1. The Kier molecular flexibility index (Phi) is 7.19. The molecule has 0 unspecified atom stereocenters.